The van der Waals surface area contributed by atoms with Gasteiger partial charge in [0.15, 0.2) is 0 Å². The van der Waals surface area contributed by atoms with Gasteiger partial charge in [-0.25, -0.2) is 0 Å². The Morgan fingerprint density at radius 1 is 0.250 bits per heavy atom. The maximum Gasteiger partial charge on any atom is 0.0630 e. The molecule has 0 aliphatic rings. The van der Waals surface area contributed by atoms with E-state index in [4.69, 9.17) is 12.3 Å². The van der Waals surface area contributed by atoms with E-state index in [0.717, 1.165) is 11.1 Å². The summed E-state index contributed by atoms with van der Waals surface area (Å²) in [6, 6.07) is 24.3. The lowest BCUT2D eigenvalue weighted by molar-refractivity contribution is 1.58. The second-order valence-corrected chi connectivity index (χ2v) is 13.9. The Morgan fingerprint density at radius 3 is 1.09 bits per heavy atom. The predicted octanol–water partition coefficient (Wildman–Crippen LogP) is 15.8. The van der Waals surface area contributed by atoms with Crippen LogP contribution in [0.5, 0.6) is 0 Å². The summed E-state index contributed by atoms with van der Waals surface area (Å²) >= 11 is 0. The molecule has 0 radical (unpaired) electrons. The molecule has 0 spiro atoms. The third kappa shape index (κ3) is 4.73. The molecule has 0 aliphatic carbocycles. The lowest BCUT2D eigenvalue weighted by Gasteiger charge is -2.17. The first-order valence-electron chi connectivity index (χ1n) is 26.6. The summed E-state index contributed by atoms with van der Waals surface area (Å²) in [6.07, 6.45) is 0. The standard InChI is InChI=1S/C56H34/c1-2-7-37(8-3-1)47-27-21-41-26-32-52-49(29-23-42-25-31-50(47)55(41)56(42)52)46-14-6-12-44(34-46)36-17-15-35(16-18-36)43-11-5-13-45(33-43)48-28-22-40-20-19-38-9-4-10-39-24-30-51(48)54(40)53(38)39/h1-34H/i4D,9D,10D,19D,20D,21D,22D,23D,24D,25D,26D,27D,28D,29D,30D,31D,32D. The molecule has 56 heavy (non-hydrogen) atoms. The lowest BCUT2D eigenvalue weighted by Crippen LogP contribution is -1.90. The molecule has 0 bridgehead atoms. The van der Waals surface area contributed by atoms with Crippen LogP contribution in [0.25, 0.3) is 120 Å². The van der Waals surface area contributed by atoms with Crippen molar-refractivity contribution >= 4 is 64.6 Å². The van der Waals surface area contributed by atoms with Crippen molar-refractivity contribution in [2.24, 2.45) is 0 Å². The van der Waals surface area contributed by atoms with Crippen molar-refractivity contribution in [2.45, 2.75) is 0 Å². The van der Waals surface area contributed by atoms with Crippen LogP contribution in [0.15, 0.2) is 206 Å². The molecule has 0 unspecified atom stereocenters. The van der Waals surface area contributed by atoms with Gasteiger partial charge < -0.3 is 0 Å². The van der Waals surface area contributed by atoms with E-state index in [9.17, 15) is 11.0 Å². The zero-order valence-electron chi connectivity index (χ0n) is 46.3. The molecule has 0 saturated carbocycles. The van der Waals surface area contributed by atoms with Crippen LogP contribution in [0.2, 0.25) is 0 Å². The molecule has 12 aromatic carbocycles. The molecule has 0 atom stereocenters. The summed E-state index contributed by atoms with van der Waals surface area (Å²) in [5, 5.41) is 0.640. The molecule has 0 saturated heterocycles. The van der Waals surface area contributed by atoms with Gasteiger partial charge in [0.1, 0.15) is 0 Å². The molecule has 0 heteroatoms. The van der Waals surface area contributed by atoms with Gasteiger partial charge in [0, 0.05) is 0 Å². The Bertz CT molecular complexity index is 4410. The number of benzene rings is 12. The van der Waals surface area contributed by atoms with Crippen LogP contribution >= 0.6 is 0 Å². The quantitative estimate of drug-likeness (QED) is 0.155. The van der Waals surface area contributed by atoms with E-state index in [1.807, 2.05) is 42.5 Å². The van der Waals surface area contributed by atoms with E-state index in [1.165, 1.54) is 0 Å². The molecule has 0 aromatic heterocycles. The van der Waals surface area contributed by atoms with Crippen LogP contribution in [-0.2, 0) is 0 Å². The molecule has 0 amide bonds. The monoisotopic (exact) mass is 723 g/mol. The summed E-state index contributed by atoms with van der Waals surface area (Å²) in [5.41, 5.74) is 4.89. The minimum absolute atomic E-state index is 0.0275. The fourth-order valence-electron chi connectivity index (χ4n) is 8.07. The molecule has 0 N–H and O–H groups in total. The van der Waals surface area contributed by atoms with Gasteiger partial charge in [0.05, 0.1) is 23.3 Å². The Hall–Kier alpha value is -7.28. The molecule has 0 heterocycles. The highest BCUT2D eigenvalue weighted by atomic mass is 14.2. The molecule has 0 nitrogen and oxygen atoms in total. The first-order chi connectivity index (χ1) is 34.9. The fourth-order valence-corrected chi connectivity index (χ4v) is 8.07. The fraction of sp³-hybridized carbons (Fsp3) is 0. The molecule has 12 rings (SSSR count). The summed E-state index contributed by atoms with van der Waals surface area (Å²) in [4.78, 5) is 0. The normalized spacial score (nSPS) is 16.2. The average molecular weight is 724 g/mol. The van der Waals surface area contributed by atoms with E-state index in [-0.39, 0.29) is 148 Å². The van der Waals surface area contributed by atoms with Crippen LogP contribution in [-0.4, -0.2) is 0 Å². The van der Waals surface area contributed by atoms with Crippen LogP contribution in [0, 0.1) is 0 Å². The number of hydrogen-bond acceptors (Lipinski definition) is 0. The molecular formula is C56H34. The zero-order valence-corrected chi connectivity index (χ0v) is 29.3. The van der Waals surface area contributed by atoms with Crippen molar-refractivity contribution in [3.8, 4) is 55.6 Å². The highest BCUT2D eigenvalue weighted by Gasteiger charge is 2.16. The first-order valence-corrected chi connectivity index (χ1v) is 18.1. The second kappa shape index (κ2) is 12.1. The predicted molar refractivity (Wildman–Crippen MR) is 241 cm³/mol. The molecule has 12 aromatic rings. The van der Waals surface area contributed by atoms with E-state index < -0.39 is 36.3 Å². The zero-order chi connectivity index (χ0) is 51.5. The van der Waals surface area contributed by atoms with Crippen molar-refractivity contribution < 1.29 is 23.3 Å². The Balaban J connectivity index is 0.999. The average Bonchev–Trinajstić information content (AvgIpc) is 3.39. The second-order valence-electron chi connectivity index (χ2n) is 13.9. The van der Waals surface area contributed by atoms with Crippen LogP contribution in [0.4, 0.5) is 0 Å². The third-order valence-corrected chi connectivity index (χ3v) is 10.7. The van der Waals surface area contributed by atoms with Gasteiger partial charge in [-0.1, -0.05) is 194 Å². The summed E-state index contributed by atoms with van der Waals surface area (Å²) < 4.78 is 154. The molecule has 0 aliphatic heterocycles. The van der Waals surface area contributed by atoms with E-state index in [0.29, 0.717) is 27.8 Å². The van der Waals surface area contributed by atoms with Crippen LogP contribution in [0.3, 0.4) is 0 Å². The third-order valence-electron chi connectivity index (χ3n) is 10.7. The Morgan fingerprint density at radius 2 is 0.607 bits per heavy atom. The number of rotatable bonds is 5. The van der Waals surface area contributed by atoms with Crippen LogP contribution < -0.4 is 0 Å². The van der Waals surface area contributed by atoms with Crippen LogP contribution in [0.1, 0.15) is 23.3 Å². The first kappa shape index (κ1) is 18.8. The van der Waals surface area contributed by atoms with Crippen molar-refractivity contribution in [2.75, 3.05) is 0 Å². The lowest BCUT2D eigenvalue weighted by atomic mass is 9.87. The topological polar surface area (TPSA) is 0 Å². The van der Waals surface area contributed by atoms with Gasteiger partial charge in [-0.3, -0.25) is 0 Å². The van der Waals surface area contributed by atoms with Gasteiger partial charge in [0.2, 0.25) is 0 Å². The SMILES string of the molecule is [2H]c1c([2H])c2c([2H])c([2H])c3c([2H])c([2H])c(-c4cccc(-c5ccc(-c6cccc(-c7c([2H])c([2H])c8c([2H])c([2H])c9c(-c%10ccccc%10)c([2H])c([2H])c%10c([2H])c([2H])c7c8c%109)c6)cc5)c4)c4c([2H])c([2H])c(c1[2H])c2c34. The minimum Gasteiger partial charge on any atom is -0.0622 e. The summed E-state index contributed by atoms with van der Waals surface area (Å²) in [6.45, 7) is 0. The van der Waals surface area contributed by atoms with Gasteiger partial charge in [-0.05, 0) is 132 Å². The van der Waals surface area contributed by atoms with E-state index in [1.54, 1.807) is 60.7 Å². The number of hydrogen-bond donors (Lipinski definition) is 0. The summed E-state index contributed by atoms with van der Waals surface area (Å²) in [5.74, 6) is 0. The molecular weight excluding hydrogens is 673 g/mol. The van der Waals surface area contributed by atoms with Crippen molar-refractivity contribution in [1.29, 1.82) is 0 Å². The largest absolute Gasteiger partial charge is 0.0630 e. The highest BCUT2D eigenvalue weighted by Crippen LogP contribution is 2.44. The van der Waals surface area contributed by atoms with E-state index in [2.05, 4.69) is 0 Å². The Labute approximate surface area is 349 Å². The van der Waals surface area contributed by atoms with Crippen molar-refractivity contribution in [1.82, 2.24) is 0 Å². The van der Waals surface area contributed by atoms with Gasteiger partial charge in [-0.15, -0.1) is 0 Å². The maximum absolute atomic E-state index is 9.41. The van der Waals surface area contributed by atoms with Crippen molar-refractivity contribution in [3.05, 3.63) is 206 Å². The minimum atomic E-state index is -0.536. The van der Waals surface area contributed by atoms with Crippen molar-refractivity contribution in [3.63, 3.8) is 0 Å². The van der Waals surface area contributed by atoms with E-state index >= 15 is 0 Å². The maximum atomic E-state index is 9.41. The summed E-state index contributed by atoms with van der Waals surface area (Å²) in [7, 11) is 0. The molecule has 0 fully saturated rings. The van der Waals surface area contributed by atoms with Gasteiger partial charge in [0.25, 0.3) is 0 Å². The van der Waals surface area contributed by atoms with Gasteiger partial charge >= 0.3 is 0 Å². The highest BCUT2D eigenvalue weighted by molar-refractivity contribution is 6.28. The van der Waals surface area contributed by atoms with Gasteiger partial charge in [-0.2, -0.15) is 0 Å². The molecule has 258 valence electrons. The Kier molecular flexibility index (Phi) is 4.08. The smallest absolute Gasteiger partial charge is 0.0622 e.